The molecule has 1 amide bonds. The van der Waals surface area contributed by atoms with Crippen LogP contribution in [0.3, 0.4) is 0 Å². The molecule has 13 heavy (non-hydrogen) atoms. The fourth-order valence-electron chi connectivity index (χ4n) is 1.45. The Hall–Kier alpha value is -1.36. The lowest BCUT2D eigenvalue weighted by atomic mass is 10.3. The summed E-state index contributed by atoms with van der Waals surface area (Å²) in [6.45, 7) is 1.32. The topological polar surface area (TPSA) is 72.4 Å². The average molecular weight is 181 g/mol. The van der Waals surface area contributed by atoms with Crippen LogP contribution >= 0.6 is 0 Å². The first-order chi connectivity index (χ1) is 6.27. The van der Waals surface area contributed by atoms with Gasteiger partial charge in [-0.05, 0) is 6.42 Å². The van der Waals surface area contributed by atoms with Gasteiger partial charge in [-0.3, -0.25) is 4.79 Å². The van der Waals surface area contributed by atoms with Gasteiger partial charge < -0.3 is 15.2 Å². The molecule has 1 aromatic rings. The maximum Gasteiger partial charge on any atom is 0.292 e. The average Bonchev–Trinajstić information content (AvgIpc) is 2.72. The molecule has 1 aliphatic heterocycles. The van der Waals surface area contributed by atoms with Gasteiger partial charge in [0.2, 0.25) is 5.76 Å². The molecule has 1 aliphatic rings. The molecule has 1 fully saturated rings. The largest absolute Gasteiger partial charge is 0.351 e. The third-order valence-corrected chi connectivity index (χ3v) is 2.16. The van der Waals surface area contributed by atoms with E-state index in [0.29, 0.717) is 13.1 Å². The molecule has 0 aliphatic carbocycles. The zero-order chi connectivity index (χ0) is 9.26. The standard InChI is InChI=1S/C8H11N3O2/c9-6-2-4-11(5-6)8(12)7-1-3-10-13-7/h1,3,6H,2,4-5,9H2. The van der Waals surface area contributed by atoms with Crippen molar-refractivity contribution in [3.8, 4) is 0 Å². The molecule has 2 rings (SSSR count). The van der Waals surface area contributed by atoms with Gasteiger partial charge in [0.15, 0.2) is 0 Å². The zero-order valence-corrected chi connectivity index (χ0v) is 7.14. The molecular weight excluding hydrogens is 170 g/mol. The van der Waals surface area contributed by atoms with Gasteiger partial charge >= 0.3 is 0 Å². The van der Waals surface area contributed by atoms with Crippen molar-refractivity contribution < 1.29 is 9.32 Å². The van der Waals surface area contributed by atoms with E-state index >= 15 is 0 Å². The number of carbonyl (C=O) groups excluding carboxylic acids is 1. The highest BCUT2D eigenvalue weighted by Gasteiger charge is 2.26. The lowest BCUT2D eigenvalue weighted by Crippen LogP contribution is -2.31. The Kier molecular flexibility index (Phi) is 2.02. The first-order valence-corrected chi connectivity index (χ1v) is 4.23. The van der Waals surface area contributed by atoms with Gasteiger partial charge in [-0.1, -0.05) is 5.16 Å². The smallest absolute Gasteiger partial charge is 0.292 e. The minimum Gasteiger partial charge on any atom is -0.351 e. The number of likely N-dealkylation sites (tertiary alicyclic amines) is 1. The van der Waals surface area contributed by atoms with Crippen LogP contribution in [0.15, 0.2) is 16.8 Å². The number of rotatable bonds is 1. The Balaban J connectivity index is 2.06. The number of nitrogens with two attached hydrogens (primary N) is 1. The minimum atomic E-state index is -0.120. The molecule has 0 spiro atoms. The van der Waals surface area contributed by atoms with Gasteiger partial charge in [0.05, 0.1) is 6.20 Å². The molecule has 0 aromatic carbocycles. The summed E-state index contributed by atoms with van der Waals surface area (Å²) in [5.41, 5.74) is 5.68. The highest BCUT2D eigenvalue weighted by atomic mass is 16.5. The van der Waals surface area contributed by atoms with Crippen LogP contribution in [0, 0.1) is 0 Å². The molecule has 1 atom stereocenters. The Morgan fingerprint density at radius 3 is 3.15 bits per heavy atom. The van der Waals surface area contributed by atoms with E-state index in [9.17, 15) is 4.79 Å². The SMILES string of the molecule is NC1CCN(C(=O)c2ccno2)C1. The highest BCUT2D eigenvalue weighted by Crippen LogP contribution is 2.11. The number of carbonyl (C=O) groups is 1. The van der Waals surface area contributed by atoms with Crippen molar-refractivity contribution >= 4 is 5.91 Å². The minimum absolute atomic E-state index is 0.104. The Morgan fingerprint density at radius 2 is 2.62 bits per heavy atom. The molecule has 1 saturated heterocycles. The predicted molar refractivity (Wildman–Crippen MR) is 45.0 cm³/mol. The van der Waals surface area contributed by atoms with E-state index in [-0.39, 0.29) is 17.7 Å². The monoisotopic (exact) mass is 181 g/mol. The summed E-state index contributed by atoms with van der Waals surface area (Å²) in [5.74, 6) is 0.166. The first kappa shape index (κ1) is 8.25. The molecule has 1 aromatic heterocycles. The summed E-state index contributed by atoms with van der Waals surface area (Å²) in [6, 6.07) is 1.67. The van der Waals surface area contributed by atoms with Crippen LogP contribution in [0.1, 0.15) is 17.0 Å². The van der Waals surface area contributed by atoms with E-state index in [1.165, 1.54) is 6.20 Å². The van der Waals surface area contributed by atoms with E-state index in [1.54, 1.807) is 11.0 Å². The normalized spacial score (nSPS) is 22.2. The maximum absolute atomic E-state index is 11.6. The fraction of sp³-hybridized carbons (Fsp3) is 0.500. The van der Waals surface area contributed by atoms with Crippen LogP contribution in [0.4, 0.5) is 0 Å². The van der Waals surface area contributed by atoms with Crippen molar-refractivity contribution in [2.45, 2.75) is 12.5 Å². The molecule has 70 valence electrons. The summed E-state index contributed by atoms with van der Waals surface area (Å²) < 4.78 is 4.76. The maximum atomic E-state index is 11.6. The molecule has 0 radical (unpaired) electrons. The van der Waals surface area contributed by atoms with E-state index in [2.05, 4.69) is 5.16 Å². The Morgan fingerprint density at radius 1 is 1.77 bits per heavy atom. The summed E-state index contributed by atoms with van der Waals surface area (Å²) in [5, 5.41) is 3.48. The molecule has 5 heteroatoms. The van der Waals surface area contributed by atoms with E-state index < -0.39 is 0 Å². The fourth-order valence-corrected chi connectivity index (χ4v) is 1.45. The van der Waals surface area contributed by atoms with Crippen molar-refractivity contribution in [2.24, 2.45) is 5.73 Å². The van der Waals surface area contributed by atoms with E-state index in [0.717, 1.165) is 6.42 Å². The molecule has 5 nitrogen and oxygen atoms in total. The number of hydrogen-bond acceptors (Lipinski definition) is 4. The zero-order valence-electron chi connectivity index (χ0n) is 7.14. The quantitative estimate of drug-likeness (QED) is 0.653. The number of aromatic nitrogens is 1. The second-order valence-corrected chi connectivity index (χ2v) is 3.18. The van der Waals surface area contributed by atoms with Gasteiger partial charge in [-0.2, -0.15) is 0 Å². The summed E-state index contributed by atoms with van der Waals surface area (Å²) in [6.07, 6.45) is 2.32. The lowest BCUT2D eigenvalue weighted by Gasteiger charge is -2.12. The summed E-state index contributed by atoms with van der Waals surface area (Å²) in [7, 11) is 0. The van der Waals surface area contributed by atoms with Gasteiger partial charge in [0, 0.05) is 25.2 Å². The highest BCUT2D eigenvalue weighted by molar-refractivity contribution is 5.91. The molecule has 2 heterocycles. The molecule has 1 unspecified atom stereocenters. The van der Waals surface area contributed by atoms with Gasteiger partial charge in [-0.15, -0.1) is 0 Å². The molecule has 0 bridgehead atoms. The number of amides is 1. The van der Waals surface area contributed by atoms with Crippen molar-refractivity contribution in [3.63, 3.8) is 0 Å². The number of nitrogens with zero attached hydrogens (tertiary/aromatic N) is 2. The van der Waals surface area contributed by atoms with Crippen LogP contribution in [0.5, 0.6) is 0 Å². The second-order valence-electron chi connectivity index (χ2n) is 3.18. The summed E-state index contributed by atoms with van der Waals surface area (Å²) >= 11 is 0. The third kappa shape index (κ3) is 1.55. The van der Waals surface area contributed by atoms with Crippen LogP contribution in [-0.4, -0.2) is 35.1 Å². The third-order valence-electron chi connectivity index (χ3n) is 2.16. The van der Waals surface area contributed by atoms with Crippen LogP contribution < -0.4 is 5.73 Å². The van der Waals surface area contributed by atoms with Crippen LogP contribution in [0.25, 0.3) is 0 Å². The van der Waals surface area contributed by atoms with Crippen LogP contribution in [0.2, 0.25) is 0 Å². The molecule has 2 N–H and O–H groups in total. The van der Waals surface area contributed by atoms with E-state index in [4.69, 9.17) is 10.3 Å². The second kappa shape index (κ2) is 3.18. The molecular formula is C8H11N3O2. The first-order valence-electron chi connectivity index (χ1n) is 4.23. The van der Waals surface area contributed by atoms with Crippen molar-refractivity contribution in [1.82, 2.24) is 10.1 Å². The Bertz CT molecular complexity index is 296. The Labute approximate surface area is 75.5 Å². The van der Waals surface area contributed by atoms with Crippen molar-refractivity contribution in [1.29, 1.82) is 0 Å². The predicted octanol–water partition coefficient (Wildman–Crippen LogP) is -0.152. The van der Waals surface area contributed by atoms with Gasteiger partial charge in [0.25, 0.3) is 5.91 Å². The van der Waals surface area contributed by atoms with Gasteiger partial charge in [0.1, 0.15) is 0 Å². The van der Waals surface area contributed by atoms with Crippen LogP contribution in [-0.2, 0) is 0 Å². The molecule has 0 saturated carbocycles. The van der Waals surface area contributed by atoms with Gasteiger partial charge in [-0.25, -0.2) is 0 Å². The lowest BCUT2D eigenvalue weighted by molar-refractivity contribution is 0.0749. The summed E-state index contributed by atoms with van der Waals surface area (Å²) in [4.78, 5) is 13.3. The van der Waals surface area contributed by atoms with Crippen molar-refractivity contribution in [2.75, 3.05) is 13.1 Å². The van der Waals surface area contributed by atoms with E-state index in [1.807, 2.05) is 0 Å². The van der Waals surface area contributed by atoms with Crippen molar-refractivity contribution in [3.05, 3.63) is 18.0 Å². The number of hydrogen-bond donors (Lipinski definition) is 1.